The smallest absolute Gasteiger partial charge is 0.252 e. The molecule has 1 heterocycles. The van der Waals surface area contributed by atoms with Gasteiger partial charge in [0.25, 0.3) is 10.0 Å². The van der Waals surface area contributed by atoms with Crippen molar-refractivity contribution in [1.29, 1.82) is 0 Å². The SMILES string of the molecule is CCN(C1CCCCC1CN)S(=O)(=O)c1ccc(C)s1. The number of hydrogen-bond donors (Lipinski definition) is 1. The van der Waals surface area contributed by atoms with Crippen molar-refractivity contribution in [3.8, 4) is 0 Å². The molecule has 0 aromatic carbocycles. The van der Waals surface area contributed by atoms with Gasteiger partial charge in [0, 0.05) is 17.5 Å². The van der Waals surface area contributed by atoms with E-state index in [1.165, 1.54) is 11.3 Å². The van der Waals surface area contributed by atoms with Crippen molar-refractivity contribution < 1.29 is 8.42 Å². The predicted molar refractivity (Wildman–Crippen MR) is 83.4 cm³/mol. The zero-order valence-corrected chi connectivity index (χ0v) is 13.8. The molecule has 1 aromatic heterocycles. The number of hydrogen-bond acceptors (Lipinski definition) is 4. The third-order valence-corrected chi connectivity index (χ3v) is 7.60. The molecule has 0 bridgehead atoms. The first-order valence-corrected chi connectivity index (χ1v) is 9.54. The van der Waals surface area contributed by atoms with Crippen LogP contribution < -0.4 is 5.73 Å². The standard InChI is InChI=1S/C14H24N2O2S2/c1-3-16(13-7-5-4-6-12(13)10-15)20(17,18)14-9-8-11(2)19-14/h8-9,12-13H,3-7,10,15H2,1-2H3. The van der Waals surface area contributed by atoms with Crippen molar-refractivity contribution in [2.45, 2.75) is 49.8 Å². The lowest BCUT2D eigenvalue weighted by Crippen LogP contribution is -2.47. The molecule has 4 nitrogen and oxygen atoms in total. The van der Waals surface area contributed by atoms with Crippen LogP contribution in [-0.4, -0.2) is 31.9 Å². The quantitative estimate of drug-likeness (QED) is 0.908. The molecule has 1 saturated carbocycles. The van der Waals surface area contributed by atoms with Gasteiger partial charge >= 0.3 is 0 Å². The minimum atomic E-state index is -3.38. The van der Waals surface area contributed by atoms with Crippen LogP contribution in [0.25, 0.3) is 0 Å². The topological polar surface area (TPSA) is 63.4 Å². The normalized spacial score (nSPS) is 24.2. The van der Waals surface area contributed by atoms with E-state index in [9.17, 15) is 8.42 Å². The molecule has 1 aromatic rings. The van der Waals surface area contributed by atoms with E-state index >= 15 is 0 Å². The lowest BCUT2D eigenvalue weighted by Gasteiger charge is -2.38. The lowest BCUT2D eigenvalue weighted by molar-refractivity contribution is 0.188. The summed E-state index contributed by atoms with van der Waals surface area (Å²) in [6.07, 6.45) is 4.22. The number of aryl methyl sites for hydroxylation is 1. The van der Waals surface area contributed by atoms with Crippen molar-refractivity contribution in [2.24, 2.45) is 11.7 Å². The maximum absolute atomic E-state index is 12.8. The van der Waals surface area contributed by atoms with Crippen LogP contribution in [0, 0.1) is 12.8 Å². The highest BCUT2D eigenvalue weighted by Gasteiger charge is 2.36. The third kappa shape index (κ3) is 3.08. The second-order valence-electron chi connectivity index (χ2n) is 5.42. The van der Waals surface area contributed by atoms with E-state index in [1.54, 1.807) is 10.4 Å². The Morgan fingerprint density at radius 2 is 2.05 bits per heavy atom. The molecular weight excluding hydrogens is 292 g/mol. The molecule has 114 valence electrons. The number of sulfonamides is 1. The van der Waals surface area contributed by atoms with Crippen LogP contribution in [0.15, 0.2) is 16.3 Å². The van der Waals surface area contributed by atoms with Gasteiger partial charge in [0.1, 0.15) is 4.21 Å². The zero-order chi connectivity index (χ0) is 14.8. The second kappa shape index (κ2) is 6.56. The molecule has 2 atom stereocenters. The van der Waals surface area contributed by atoms with Gasteiger partial charge in [0.15, 0.2) is 0 Å². The van der Waals surface area contributed by atoms with Gasteiger partial charge in [0.05, 0.1) is 0 Å². The van der Waals surface area contributed by atoms with E-state index in [-0.39, 0.29) is 6.04 Å². The van der Waals surface area contributed by atoms with Crippen molar-refractivity contribution in [3.05, 3.63) is 17.0 Å². The summed E-state index contributed by atoms with van der Waals surface area (Å²) >= 11 is 1.35. The Morgan fingerprint density at radius 1 is 1.35 bits per heavy atom. The first kappa shape index (κ1) is 15.9. The molecule has 2 N–H and O–H groups in total. The first-order chi connectivity index (χ1) is 9.50. The highest BCUT2D eigenvalue weighted by molar-refractivity contribution is 7.91. The molecule has 0 aliphatic heterocycles. The summed E-state index contributed by atoms with van der Waals surface area (Å²) in [5, 5.41) is 0. The van der Waals surface area contributed by atoms with Crippen LogP contribution >= 0.6 is 11.3 Å². The van der Waals surface area contributed by atoms with Gasteiger partial charge in [-0.3, -0.25) is 0 Å². The Bertz CT molecular complexity index is 539. The maximum Gasteiger partial charge on any atom is 0.252 e. The van der Waals surface area contributed by atoms with Crippen LogP contribution in [0.2, 0.25) is 0 Å². The molecule has 0 spiro atoms. The molecule has 2 unspecified atom stereocenters. The van der Waals surface area contributed by atoms with Gasteiger partial charge in [-0.05, 0) is 44.4 Å². The van der Waals surface area contributed by atoms with Crippen LogP contribution in [-0.2, 0) is 10.0 Å². The van der Waals surface area contributed by atoms with Gasteiger partial charge < -0.3 is 5.73 Å². The highest BCUT2D eigenvalue weighted by Crippen LogP contribution is 2.33. The molecule has 1 aliphatic rings. The minimum Gasteiger partial charge on any atom is -0.330 e. The average Bonchev–Trinajstić information content (AvgIpc) is 2.87. The number of nitrogens with zero attached hydrogens (tertiary/aromatic N) is 1. The van der Waals surface area contributed by atoms with Gasteiger partial charge in [-0.15, -0.1) is 11.3 Å². The summed E-state index contributed by atoms with van der Waals surface area (Å²) in [6.45, 7) is 4.93. The predicted octanol–water partition coefficient (Wildman–Crippen LogP) is 2.58. The van der Waals surface area contributed by atoms with Gasteiger partial charge in [0.2, 0.25) is 0 Å². The molecule has 1 fully saturated rings. The van der Waals surface area contributed by atoms with E-state index in [1.807, 2.05) is 19.9 Å². The van der Waals surface area contributed by atoms with Crippen LogP contribution in [0.3, 0.4) is 0 Å². The van der Waals surface area contributed by atoms with Gasteiger partial charge in [-0.1, -0.05) is 19.8 Å². The fourth-order valence-electron chi connectivity index (χ4n) is 3.09. The highest BCUT2D eigenvalue weighted by atomic mass is 32.2. The lowest BCUT2D eigenvalue weighted by atomic mass is 9.84. The molecule has 2 rings (SSSR count). The van der Waals surface area contributed by atoms with Gasteiger partial charge in [-0.2, -0.15) is 4.31 Å². The molecule has 0 saturated heterocycles. The largest absolute Gasteiger partial charge is 0.330 e. The molecule has 6 heteroatoms. The summed E-state index contributed by atoms with van der Waals surface area (Å²) < 4.78 is 27.8. The maximum atomic E-state index is 12.8. The van der Waals surface area contributed by atoms with E-state index in [2.05, 4.69) is 0 Å². The van der Waals surface area contributed by atoms with E-state index in [4.69, 9.17) is 5.73 Å². The van der Waals surface area contributed by atoms with Crippen molar-refractivity contribution in [3.63, 3.8) is 0 Å². The molecule has 0 amide bonds. The van der Waals surface area contributed by atoms with Crippen LogP contribution in [0.1, 0.15) is 37.5 Å². The number of nitrogens with two attached hydrogens (primary N) is 1. The summed E-state index contributed by atoms with van der Waals surface area (Å²) in [4.78, 5) is 1.03. The average molecular weight is 316 g/mol. The molecule has 20 heavy (non-hydrogen) atoms. The van der Waals surface area contributed by atoms with E-state index in [0.717, 1.165) is 30.6 Å². The summed E-state index contributed by atoms with van der Waals surface area (Å²) in [5.41, 5.74) is 5.85. The summed E-state index contributed by atoms with van der Waals surface area (Å²) in [7, 11) is -3.38. The summed E-state index contributed by atoms with van der Waals surface area (Å²) in [5.74, 6) is 0.291. The number of rotatable bonds is 5. The Hall–Kier alpha value is -0.430. The zero-order valence-electron chi connectivity index (χ0n) is 12.2. The Kier molecular flexibility index (Phi) is 5.23. The third-order valence-electron chi connectivity index (χ3n) is 4.13. The Morgan fingerprint density at radius 3 is 2.60 bits per heavy atom. The number of thiophene rings is 1. The van der Waals surface area contributed by atoms with Gasteiger partial charge in [-0.25, -0.2) is 8.42 Å². The summed E-state index contributed by atoms with van der Waals surface area (Å²) in [6, 6.07) is 3.65. The molecule has 1 aliphatic carbocycles. The van der Waals surface area contributed by atoms with Crippen molar-refractivity contribution >= 4 is 21.4 Å². The van der Waals surface area contributed by atoms with Crippen molar-refractivity contribution in [1.82, 2.24) is 4.31 Å². The minimum absolute atomic E-state index is 0.0613. The van der Waals surface area contributed by atoms with Crippen LogP contribution in [0.5, 0.6) is 0 Å². The fraction of sp³-hybridized carbons (Fsp3) is 0.714. The van der Waals surface area contributed by atoms with Crippen molar-refractivity contribution in [2.75, 3.05) is 13.1 Å². The fourth-order valence-corrected chi connectivity index (χ4v) is 6.23. The Labute approximate surface area is 126 Å². The molecular formula is C14H24N2O2S2. The monoisotopic (exact) mass is 316 g/mol. The van der Waals surface area contributed by atoms with Crippen LogP contribution in [0.4, 0.5) is 0 Å². The second-order valence-corrected chi connectivity index (χ2v) is 8.83. The Balaban J connectivity index is 2.31. The van der Waals surface area contributed by atoms with E-state index in [0.29, 0.717) is 23.2 Å². The first-order valence-electron chi connectivity index (χ1n) is 7.29. The van der Waals surface area contributed by atoms with E-state index < -0.39 is 10.0 Å². The molecule has 0 radical (unpaired) electrons.